The molecule has 1 aromatic rings. The number of nitrogens with zero attached hydrogens (tertiary/aromatic N) is 1. The van der Waals surface area contributed by atoms with Crippen LogP contribution < -0.4 is 0 Å². The lowest BCUT2D eigenvalue weighted by atomic mass is 10.2. The molecule has 4 nitrogen and oxygen atoms in total. The summed E-state index contributed by atoms with van der Waals surface area (Å²) in [5.41, 5.74) is 0.520. The van der Waals surface area contributed by atoms with Crippen LogP contribution >= 0.6 is 34.8 Å². The number of hydrogen-bond donors (Lipinski definition) is 0. The van der Waals surface area contributed by atoms with E-state index in [9.17, 15) is 8.42 Å². The molecule has 0 atom stereocenters. The third-order valence-electron chi connectivity index (χ3n) is 2.54. The highest BCUT2D eigenvalue weighted by Crippen LogP contribution is 2.30. The van der Waals surface area contributed by atoms with Crippen LogP contribution in [0.15, 0.2) is 17.0 Å². The number of sulfonamides is 1. The maximum atomic E-state index is 12.3. The molecule has 0 saturated heterocycles. The van der Waals surface area contributed by atoms with Gasteiger partial charge in [0.25, 0.3) is 0 Å². The Hall–Kier alpha value is -0.0400. The van der Waals surface area contributed by atoms with E-state index in [1.807, 2.05) is 0 Å². The fraction of sp³-hybridized carbons (Fsp3) is 0.455. The van der Waals surface area contributed by atoms with Crippen LogP contribution in [0.5, 0.6) is 0 Å². The molecule has 0 unspecified atom stereocenters. The molecule has 1 rings (SSSR count). The molecular weight excluding hydrogens is 333 g/mol. The molecule has 19 heavy (non-hydrogen) atoms. The molecule has 0 bridgehead atoms. The van der Waals surface area contributed by atoms with Gasteiger partial charge in [-0.1, -0.05) is 23.2 Å². The molecule has 108 valence electrons. The quantitative estimate of drug-likeness (QED) is 0.744. The summed E-state index contributed by atoms with van der Waals surface area (Å²) in [5, 5.41) is 0.418. The maximum absolute atomic E-state index is 12.3. The average Bonchev–Trinajstić information content (AvgIpc) is 2.35. The minimum absolute atomic E-state index is 0.00665. The Balaban J connectivity index is 3.21. The Morgan fingerprint density at radius 3 is 2.42 bits per heavy atom. The first kappa shape index (κ1) is 17.0. The van der Waals surface area contributed by atoms with Crippen molar-refractivity contribution in [3.8, 4) is 0 Å². The normalized spacial score (nSPS) is 12.1. The van der Waals surface area contributed by atoms with Crippen LogP contribution in [-0.4, -0.2) is 40.0 Å². The second kappa shape index (κ2) is 7.11. The minimum atomic E-state index is -3.69. The predicted molar refractivity (Wildman–Crippen MR) is 77.7 cm³/mol. The van der Waals surface area contributed by atoms with E-state index in [1.54, 1.807) is 0 Å². The lowest BCUT2D eigenvalue weighted by Crippen LogP contribution is -2.30. The van der Waals surface area contributed by atoms with E-state index in [1.165, 1.54) is 30.6 Å². The molecule has 0 aromatic heterocycles. The van der Waals surface area contributed by atoms with Crippen LogP contribution in [0.1, 0.15) is 5.56 Å². The Morgan fingerprint density at radius 1 is 1.26 bits per heavy atom. The first-order valence-corrected chi connectivity index (χ1v) is 8.06. The summed E-state index contributed by atoms with van der Waals surface area (Å²) in [4.78, 5) is -0.00665. The highest BCUT2D eigenvalue weighted by molar-refractivity contribution is 7.89. The number of alkyl halides is 1. The Kier molecular flexibility index (Phi) is 6.36. The van der Waals surface area contributed by atoms with E-state index in [2.05, 4.69) is 0 Å². The van der Waals surface area contributed by atoms with Crippen molar-refractivity contribution in [3.63, 3.8) is 0 Å². The van der Waals surface area contributed by atoms with Crippen molar-refractivity contribution < 1.29 is 13.2 Å². The first-order chi connectivity index (χ1) is 8.84. The lowest BCUT2D eigenvalue weighted by molar-refractivity contribution is 0.185. The largest absolute Gasteiger partial charge is 0.383 e. The Morgan fingerprint density at radius 2 is 1.89 bits per heavy atom. The molecule has 8 heteroatoms. The van der Waals surface area contributed by atoms with E-state index in [-0.39, 0.29) is 22.3 Å². The number of halogens is 3. The van der Waals surface area contributed by atoms with Gasteiger partial charge < -0.3 is 4.74 Å². The van der Waals surface area contributed by atoms with Gasteiger partial charge >= 0.3 is 0 Å². The van der Waals surface area contributed by atoms with Gasteiger partial charge in [-0.2, -0.15) is 4.31 Å². The third-order valence-corrected chi connectivity index (χ3v) is 5.50. The second-order valence-electron chi connectivity index (χ2n) is 3.83. The molecule has 0 N–H and O–H groups in total. The van der Waals surface area contributed by atoms with Gasteiger partial charge in [0.05, 0.1) is 11.6 Å². The van der Waals surface area contributed by atoms with E-state index in [0.29, 0.717) is 17.2 Å². The van der Waals surface area contributed by atoms with Crippen molar-refractivity contribution in [1.82, 2.24) is 4.31 Å². The second-order valence-corrected chi connectivity index (χ2v) is 6.92. The number of hydrogen-bond acceptors (Lipinski definition) is 3. The van der Waals surface area contributed by atoms with Crippen molar-refractivity contribution in [1.29, 1.82) is 0 Å². The highest BCUT2D eigenvalue weighted by Gasteiger charge is 2.24. The molecule has 0 heterocycles. The van der Waals surface area contributed by atoms with Crippen molar-refractivity contribution in [2.24, 2.45) is 0 Å². The van der Waals surface area contributed by atoms with Crippen LogP contribution in [0.25, 0.3) is 0 Å². The number of likely N-dealkylation sites (N-methyl/N-ethyl adjacent to an activating group) is 1. The monoisotopic (exact) mass is 345 g/mol. The summed E-state index contributed by atoms with van der Waals surface area (Å²) < 4.78 is 30.7. The molecular formula is C11H14Cl3NO3S. The standard InChI is InChI=1S/C11H14Cl3NO3S/c1-15(3-4-18-2)19(16,17)11-5-8(7-12)9(13)6-10(11)14/h5-6H,3-4,7H2,1-2H3. The SMILES string of the molecule is COCCN(C)S(=O)(=O)c1cc(CCl)c(Cl)cc1Cl. The zero-order valence-corrected chi connectivity index (χ0v) is 13.6. The molecule has 0 fully saturated rings. The van der Waals surface area contributed by atoms with E-state index in [0.717, 1.165) is 0 Å². The summed E-state index contributed by atoms with van der Waals surface area (Å²) in [6.45, 7) is 0.525. The zero-order valence-electron chi connectivity index (χ0n) is 10.5. The zero-order chi connectivity index (χ0) is 14.6. The van der Waals surface area contributed by atoms with E-state index in [4.69, 9.17) is 39.5 Å². The average molecular weight is 347 g/mol. The summed E-state index contributed by atoms with van der Waals surface area (Å²) >= 11 is 17.6. The number of ether oxygens (including phenoxy) is 1. The molecule has 1 aromatic carbocycles. The van der Waals surface area contributed by atoms with Gasteiger partial charge in [-0.25, -0.2) is 8.42 Å². The summed E-state index contributed by atoms with van der Waals surface area (Å²) in [5.74, 6) is 0.111. The van der Waals surface area contributed by atoms with Crippen LogP contribution in [-0.2, 0) is 20.6 Å². The van der Waals surface area contributed by atoms with Crippen LogP contribution in [0.4, 0.5) is 0 Å². The predicted octanol–water partition coefficient (Wildman–Crippen LogP) is 3.00. The minimum Gasteiger partial charge on any atom is -0.383 e. The Bertz CT molecular complexity index is 548. The van der Waals surface area contributed by atoms with Crippen molar-refractivity contribution in [2.75, 3.05) is 27.3 Å². The van der Waals surface area contributed by atoms with Gasteiger partial charge in [0.1, 0.15) is 4.90 Å². The van der Waals surface area contributed by atoms with Crippen LogP contribution in [0.2, 0.25) is 10.0 Å². The summed E-state index contributed by atoms with van der Waals surface area (Å²) in [7, 11) is -0.728. The van der Waals surface area contributed by atoms with Gasteiger partial charge in [0.15, 0.2) is 0 Å². The van der Waals surface area contributed by atoms with E-state index < -0.39 is 10.0 Å². The van der Waals surface area contributed by atoms with Crippen molar-refractivity contribution in [3.05, 3.63) is 27.7 Å². The van der Waals surface area contributed by atoms with Crippen molar-refractivity contribution in [2.45, 2.75) is 10.8 Å². The fourth-order valence-electron chi connectivity index (χ4n) is 1.38. The highest BCUT2D eigenvalue weighted by atomic mass is 35.5. The summed E-state index contributed by atoms with van der Waals surface area (Å²) in [6.07, 6.45) is 0. The molecule has 0 aliphatic carbocycles. The molecule has 0 radical (unpaired) electrons. The van der Waals surface area contributed by atoms with Gasteiger partial charge in [-0.3, -0.25) is 0 Å². The fourth-order valence-corrected chi connectivity index (χ4v) is 3.66. The topological polar surface area (TPSA) is 46.6 Å². The number of methoxy groups -OCH3 is 1. The summed E-state index contributed by atoms with van der Waals surface area (Å²) in [6, 6.07) is 2.79. The van der Waals surface area contributed by atoms with Crippen LogP contribution in [0, 0.1) is 0 Å². The molecule has 0 aliphatic heterocycles. The molecule has 0 amide bonds. The molecule has 0 spiro atoms. The Labute approximate surface area is 128 Å². The van der Waals surface area contributed by atoms with Gasteiger partial charge in [-0.15, -0.1) is 11.6 Å². The number of benzene rings is 1. The van der Waals surface area contributed by atoms with Gasteiger partial charge in [0, 0.05) is 31.6 Å². The number of rotatable bonds is 6. The van der Waals surface area contributed by atoms with Gasteiger partial charge in [-0.05, 0) is 17.7 Å². The smallest absolute Gasteiger partial charge is 0.244 e. The van der Waals surface area contributed by atoms with Crippen molar-refractivity contribution >= 4 is 44.8 Å². The molecule has 0 saturated carbocycles. The van der Waals surface area contributed by atoms with E-state index >= 15 is 0 Å². The van der Waals surface area contributed by atoms with Crippen LogP contribution in [0.3, 0.4) is 0 Å². The lowest BCUT2D eigenvalue weighted by Gasteiger charge is -2.18. The van der Waals surface area contributed by atoms with Gasteiger partial charge in [0.2, 0.25) is 10.0 Å². The molecule has 0 aliphatic rings. The maximum Gasteiger partial charge on any atom is 0.244 e. The third kappa shape index (κ3) is 3.97. The first-order valence-electron chi connectivity index (χ1n) is 5.33.